The van der Waals surface area contributed by atoms with E-state index in [-0.39, 0.29) is 11.2 Å². The fourth-order valence-corrected chi connectivity index (χ4v) is 3.21. The summed E-state index contributed by atoms with van der Waals surface area (Å²) in [7, 11) is 0. The Bertz CT molecular complexity index is 399. The largest absolute Gasteiger partial charge is 0.316 e. The minimum Gasteiger partial charge on any atom is -0.316 e. The second kappa shape index (κ2) is 6.03. The Morgan fingerprint density at radius 2 is 2.06 bits per heavy atom. The molecule has 100 valence electrons. The van der Waals surface area contributed by atoms with Gasteiger partial charge in [0.15, 0.2) is 0 Å². The molecule has 1 fully saturated rings. The lowest BCUT2D eigenvalue weighted by molar-refractivity contribution is 0.277. The molecule has 1 aliphatic rings. The number of hydrogen-bond acceptors (Lipinski definition) is 1. The zero-order valence-electron chi connectivity index (χ0n) is 10.9. The third-order valence-electron chi connectivity index (χ3n) is 3.99. The highest BCUT2D eigenvalue weighted by molar-refractivity contribution is 6.30. The van der Waals surface area contributed by atoms with Crippen molar-refractivity contribution in [3.63, 3.8) is 0 Å². The SMILES string of the molecule is CCNCC1(Cc2cc(Cl)ccc2F)CCCC1. The molecule has 0 saturated heterocycles. The van der Waals surface area contributed by atoms with Crippen LogP contribution in [0.1, 0.15) is 38.2 Å². The van der Waals surface area contributed by atoms with E-state index >= 15 is 0 Å². The van der Waals surface area contributed by atoms with Crippen LogP contribution in [0, 0.1) is 11.2 Å². The number of halogens is 2. The lowest BCUT2D eigenvalue weighted by Gasteiger charge is -2.29. The van der Waals surface area contributed by atoms with Crippen molar-refractivity contribution in [3.05, 3.63) is 34.6 Å². The highest BCUT2D eigenvalue weighted by Gasteiger charge is 2.34. The van der Waals surface area contributed by atoms with Gasteiger partial charge in [-0.15, -0.1) is 0 Å². The minimum absolute atomic E-state index is 0.123. The Labute approximate surface area is 114 Å². The van der Waals surface area contributed by atoms with Crippen molar-refractivity contribution in [3.8, 4) is 0 Å². The van der Waals surface area contributed by atoms with E-state index in [1.807, 2.05) is 0 Å². The van der Waals surface area contributed by atoms with Crippen LogP contribution in [0.2, 0.25) is 5.02 Å². The van der Waals surface area contributed by atoms with Crippen molar-refractivity contribution in [2.24, 2.45) is 5.41 Å². The third kappa shape index (κ3) is 3.24. The van der Waals surface area contributed by atoms with E-state index in [0.717, 1.165) is 25.1 Å². The van der Waals surface area contributed by atoms with Crippen LogP contribution < -0.4 is 5.32 Å². The van der Waals surface area contributed by atoms with E-state index in [0.29, 0.717) is 5.02 Å². The van der Waals surface area contributed by atoms with Crippen LogP contribution in [0.3, 0.4) is 0 Å². The standard InChI is InChI=1S/C15H21ClFN/c1-2-18-11-15(7-3-4-8-15)10-12-9-13(16)5-6-14(12)17/h5-6,9,18H,2-4,7-8,10-11H2,1H3. The molecular weight excluding hydrogens is 249 g/mol. The predicted octanol–water partition coefficient (Wildman–Crippen LogP) is 4.19. The van der Waals surface area contributed by atoms with Gasteiger partial charge in [0, 0.05) is 11.6 Å². The highest BCUT2D eigenvalue weighted by atomic mass is 35.5. The number of rotatable bonds is 5. The van der Waals surface area contributed by atoms with Gasteiger partial charge in [-0.2, -0.15) is 0 Å². The second-order valence-corrected chi connectivity index (χ2v) is 5.84. The molecule has 0 bridgehead atoms. The summed E-state index contributed by atoms with van der Waals surface area (Å²) < 4.78 is 13.8. The second-order valence-electron chi connectivity index (χ2n) is 5.40. The molecule has 0 heterocycles. The summed E-state index contributed by atoms with van der Waals surface area (Å²) in [5.41, 5.74) is 0.990. The molecule has 2 rings (SSSR count). The zero-order chi connectivity index (χ0) is 13.0. The van der Waals surface area contributed by atoms with Crippen molar-refractivity contribution in [2.75, 3.05) is 13.1 Å². The van der Waals surface area contributed by atoms with E-state index in [1.54, 1.807) is 12.1 Å². The maximum atomic E-state index is 13.8. The monoisotopic (exact) mass is 269 g/mol. The average Bonchev–Trinajstić information content (AvgIpc) is 2.80. The van der Waals surface area contributed by atoms with Gasteiger partial charge < -0.3 is 5.32 Å². The third-order valence-corrected chi connectivity index (χ3v) is 4.22. The summed E-state index contributed by atoms with van der Waals surface area (Å²) in [5.74, 6) is -0.123. The molecule has 0 aromatic heterocycles. The van der Waals surface area contributed by atoms with Crippen molar-refractivity contribution in [2.45, 2.75) is 39.0 Å². The molecule has 1 N–H and O–H groups in total. The summed E-state index contributed by atoms with van der Waals surface area (Å²) in [6.07, 6.45) is 5.69. The highest BCUT2D eigenvalue weighted by Crippen LogP contribution is 2.41. The molecule has 18 heavy (non-hydrogen) atoms. The fraction of sp³-hybridized carbons (Fsp3) is 0.600. The summed E-state index contributed by atoms with van der Waals surface area (Å²) >= 11 is 5.97. The van der Waals surface area contributed by atoms with Crippen LogP contribution in [0.4, 0.5) is 4.39 Å². The van der Waals surface area contributed by atoms with Crippen molar-refractivity contribution >= 4 is 11.6 Å². The van der Waals surface area contributed by atoms with Crippen molar-refractivity contribution in [1.29, 1.82) is 0 Å². The lowest BCUT2D eigenvalue weighted by atomic mass is 9.79. The molecule has 0 atom stereocenters. The Hall–Kier alpha value is -0.600. The van der Waals surface area contributed by atoms with Gasteiger partial charge in [-0.05, 0) is 55.0 Å². The molecule has 1 aromatic carbocycles. The Morgan fingerprint density at radius 3 is 2.72 bits per heavy atom. The quantitative estimate of drug-likeness (QED) is 0.845. The van der Waals surface area contributed by atoms with Crippen LogP contribution >= 0.6 is 11.6 Å². The average molecular weight is 270 g/mol. The Balaban J connectivity index is 2.15. The molecule has 0 radical (unpaired) electrons. The van der Waals surface area contributed by atoms with E-state index in [2.05, 4.69) is 12.2 Å². The van der Waals surface area contributed by atoms with Crippen molar-refractivity contribution < 1.29 is 4.39 Å². The molecular formula is C15H21ClFN. The number of nitrogens with one attached hydrogen (secondary N) is 1. The summed E-state index contributed by atoms with van der Waals surface area (Å²) in [6, 6.07) is 4.88. The molecule has 1 saturated carbocycles. The van der Waals surface area contributed by atoms with Gasteiger partial charge in [-0.1, -0.05) is 31.4 Å². The van der Waals surface area contributed by atoms with Gasteiger partial charge in [-0.3, -0.25) is 0 Å². The summed E-state index contributed by atoms with van der Waals surface area (Å²) in [5, 5.41) is 4.06. The minimum atomic E-state index is -0.123. The molecule has 0 amide bonds. The van der Waals surface area contributed by atoms with E-state index in [9.17, 15) is 4.39 Å². The molecule has 0 aliphatic heterocycles. The molecule has 1 aromatic rings. The normalized spacial score (nSPS) is 18.2. The summed E-state index contributed by atoms with van der Waals surface area (Å²) in [6.45, 7) is 4.07. The molecule has 3 heteroatoms. The molecule has 1 nitrogen and oxygen atoms in total. The maximum absolute atomic E-state index is 13.8. The first kappa shape index (κ1) is 13.8. The first-order valence-electron chi connectivity index (χ1n) is 6.80. The fourth-order valence-electron chi connectivity index (χ4n) is 3.01. The topological polar surface area (TPSA) is 12.0 Å². The first-order valence-corrected chi connectivity index (χ1v) is 7.18. The van der Waals surface area contributed by atoms with Gasteiger partial charge in [-0.25, -0.2) is 4.39 Å². The number of benzene rings is 1. The summed E-state index contributed by atoms with van der Waals surface area (Å²) in [4.78, 5) is 0. The van der Waals surface area contributed by atoms with Gasteiger partial charge >= 0.3 is 0 Å². The molecule has 1 aliphatic carbocycles. The van der Waals surface area contributed by atoms with Gasteiger partial charge in [0.25, 0.3) is 0 Å². The van der Waals surface area contributed by atoms with Gasteiger partial charge in [0.2, 0.25) is 0 Å². The van der Waals surface area contributed by atoms with E-state index in [4.69, 9.17) is 11.6 Å². The van der Waals surface area contributed by atoms with Crippen LogP contribution in [0.5, 0.6) is 0 Å². The first-order chi connectivity index (χ1) is 8.65. The Kier molecular flexibility index (Phi) is 4.63. The van der Waals surface area contributed by atoms with Crippen LogP contribution in [-0.4, -0.2) is 13.1 Å². The van der Waals surface area contributed by atoms with Crippen LogP contribution in [0.25, 0.3) is 0 Å². The number of hydrogen-bond donors (Lipinski definition) is 1. The molecule has 0 unspecified atom stereocenters. The van der Waals surface area contributed by atoms with Crippen LogP contribution in [-0.2, 0) is 6.42 Å². The zero-order valence-corrected chi connectivity index (χ0v) is 11.7. The van der Waals surface area contributed by atoms with E-state index < -0.39 is 0 Å². The van der Waals surface area contributed by atoms with E-state index in [1.165, 1.54) is 31.7 Å². The smallest absolute Gasteiger partial charge is 0.126 e. The predicted molar refractivity (Wildman–Crippen MR) is 74.6 cm³/mol. The lowest BCUT2D eigenvalue weighted by Crippen LogP contribution is -2.34. The van der Waals surface area contributed by atoms with Crippen LogP contribution in [0.15, 0.2) is 18.2 Å². The van der Waals surface area contributed by atoms with Gasteiger partial charge in [0.1, 0.15) is 5.82 Å². The van der Waals surface area contributed by atoms with Gasteiger partial charge in [0.05, 0.1) is 0 Å². The van der Waals surface area contributed by atoms with Crippen molar-refractivity contribution in [1.82, 2.24) is 5.32 Å². The Morgan fingerprint density at radius 1 is 1.33 bits per heavy atom. The molecule has 0 spiro atoms. The maximum Gasteiger partial charge on any atom is 0.126 e.